The molecule has 0 unspecified atom stereocenters. The maximum absolute atomic E-state index is 15.2. The molecule has 0 atom stereocenters. The summed E-state index contributed by atoms with van der Waals surface area (Å²) in [5.41, 5.74) is 4.40. The maximum atomic E-state index is 15.2. The summed E-state index contributed by atoms with van der Waals surface area (Å²) < 4.78 is 33.3. The van der Waals surface area contributed by atoms with Crippen LogP contribution in [-0.4, -0.2) is 16.6 Å². The van der Waals surface area contributed by atoms with Crippen molar-refractivity contribution >= 4 is 21.8 Å². The third kappa shape index (κ3) is 3.44. The highest BCUT2D eigenvalue weighted by Crippen LogP contribution is 2.45. The van der Waals surface area contributed by atoms with Gasteiger partial charge in [0.1, 0.15) is 12.4 Å². The Kier molecular flexibility index (Phi) is 4.64. The fourth-order valence-corrected chi connectivity index (χ4v) is 4.39. The average molecular weight is 440 g/mol. The standard InChI is InChI=1S/C27H21FN2O3/c1-16-13-19-20(30-16)7-8-23(26(19)28)33-22-9-11-29-21-14-24(27-18(25(21)22)10-12-31-27)32-15-17-5-3-2-4-6-17/h2-9,11,13-14,30H,10,12,15H2,1H3. The predicted molar refractivity (Wildman–Crippen MR) is 125 cm³/mol. The van der Waals surface area contributed by atoms with Gasteiger partial charge in [0, 0.05) is 40.8 Å². The minimum absolute atomic E-state index is 0.172. The lowest BCUT2D eigenvalue weighted by molar-refractivity contribution is 0.277. The van der Waals surface area contributed by atoms with Gasteiger partial charge in [-0.15, -0.1) is 0 Å². The molecule has 5 aromatic rings. The molecule has 0 bridgehead atoms. The molecule has 0 amide bonds. The summed E-state index contributed by atoms with van der Waals surface area (Å²) in [6.07, 6.45) is 2.37. The van der Waals surface area contributed by atoms with Crippen molar-refractivity contribution in [1.29, 1.82) is 0 Å². The number of pyridine rings is 1. The summed E-state index contributed by atoms with van der Waals surface area (Å²) in [4.78, 5) is 7.69. The average Bonchev–Trinajstić information content (AvgIpc) is 3.47. The van der Waals surface area contributed by atoms with Crippen LogP contribution in [0.15, 0.2) is 66.9 Å². The molecule has 1 aliphatic rings. The van der Waals surface area contributed by atoms with Gasteiger partial charge >= 0.3 is 0 Å². The molecular formula is C27H21FN2O3. The number of rotatable bonds is 5. The van der Waals surface area contributed by atoms with Crippen molar-refractivity contribution in [3.63, 3.8) is 0 Å². The van der Waals surface area contributed by atoms with Gasteiger partial charge in [-0.2, -0.15) is 0 Å². The number of hydrogen-bond donors (Lipinski definition) is 1. The molecule has 164 valence electrons. The van der Waals surface area contributed by atoms with E-state index in [1.165, 1.54) is 0 Å². The molecule has 6 rings (SSSR count). The van der Waals surface area contributed by atoms with Crippen LogP contribution in [0.4, 0.5) is 4.39 Å². The lowest BCUT2D eigenvalue weighted by Crippen LogP contribution is -1.99. The highest BCUT2D eigenvalue weighted by Gasteiger charge is 2.25. The zero-order valence-corrected chi connectivity index (χ0v) is 18.0. The van der Waals surface area contributed by atoms with Gasteiger partial charge in [0.05, 0.1) is 17.5 Å². The number of aromatic nitrogens is 2. The number of nitrogens with zero attached hydrogens (tertiary/aromatic N) is 1. The van der Waals surface area contributed by atoms with E-state index in [1.807, 2.05) is 49.4 Å². The smallest absolute Gasteiger partial charge is 0.175 e. The van der Waals surface area contributed by atoms with Crippen LogP contribution in [0.25, 0.3) is 21.8 Å². The SMILES string of the molecule is Cc1cc2c(F)c(Oc3ccnc4cc(OCc5ccccc5)c5c(c34)CCO5)ccc2[nH]1. The fourth-order valence-electron chi connectivity index (χ4n) is 4.39. The van der Waals surface area contributed by atoms with Crippen molar-refractivity contribution in [2.75, 3.05) is 6.61 Å². The molecule has 6 heteroatoms. The Morgan fingerprint density at radius 2 is 1.91 bits per heavy atom. The lowest BCUT2D eigenvalue weighted by Gasteiger charge is -2.15. The molecule has 3 heterocycles. The van der Waals surface area contributed by atoms with Crippen LogP contribution in [-0.2, 0) is 13.0 Å². The first kappa shape index (κ1) is 19.6. The number of aromatic amines is 1. The summed E-state index contributed by atoms with van der Waals surface area (Å²) >= 11 is 0. The molecule has 1 aliphatic heterocycles. The van der Waals surface area contributed by atoms with E-state index in [0.717, 1.165) is 33.2 Å². The first-order valence-corrected chi connectivity index (χ1v) is 10.9. The van der Waals surface area contributed by atoms with Crippen LogP contribution in [0.3, 0.4) is 0 Å². The van der Waals surface area contributed by atoms with Crippen molar-refractivity contribution < 1.29 is 18.6 Å². The number of fused-ring (bicyclic) bond motifs is 4. The molecule has 0 aliphatic carbocycles. The van der Waals surface area contributed by atoms with Gasteiger partial charge in [0.2, 0.25) is 0 Å². The number of H-pyrrole nitrogens is 1. The molecule has 3 aromatic carbocycles. The Balaban J connectivity index is 1.40. The summed E-state index contributed by atoms with van der Waals surface area (Å²) in [5, 5.41) is 1.33. The van der Waals surface area contributed by atoms with Crippen molar-refractivity contribution in [3.05, 3.63) is 89.5 Å². The fraction of sp³-hybridized carbons (Fsp3) is 0.148. The minimum Gasteiger partial charge on any atom is -0.489 e. The van der Waals surface area contributed by atoms with Crippen molar-refractivity contribution in [3.8, 4) is 23.0 Å². The van der Waals surface area contributed by atoms with Crippen LogP contribution >= 0.6 is 0 Å². The Morgan fingerprint density at radius 1 is 1.03 bits per heavy atom. The Bertz CT molecular complexity index is 1490. The van der Waals surface area contributed by atoms with E-state index in [-0.39, 0.29) is 5.75 Å². The van der Waals surface area contributed by atoms with Crippen LogP contribution in [0.5, 0.6) is 23.0 Å². The first-order valence-electron chi connectivity index (χ1n) is 10.9. The number of halogens is 1. The Hall–Kier alpha value is -4.06. The van der Waals surface area contributed by atoms with Crippen LogP contribution in [0.2, 0.25) is 0 Å². The number of ether oxygens (including phenoxy) is 3. The van der Waals surface area contributed by atoms with E-state index >= 15 is 4.39 Å². The third-order valence-electron chi connectivity index (χ3n) is 5.90. The third-order valence-corrected chi connectivity index (χ3v) is 5.90. The van der Waals surface area contributed by atoms with Crippen LogP contribution < -0.4 is 14.2 Å². The Morgan fingerprint density at radius 3 is 2.79 bits per heavy atom. The normalized spacial score (nSPS) is 12.7. The quantitative estimate of drug-likeness (QED) is 0.340. The number of nitrogens with one attached hydrogen (secondary N) is 1. The number of aryl methyl sites for hydroxylation is 1. The first-order chi connectivity index (χ1) is 16.2. The molecule has 0 spiro atoms. The van der Waals surface area contributed by atoms with Crippen molar-refractivity contribution in [2.45, 2.75) is 20.0 Å². The second-order valence-corrected chi connectivity index (χ2v) is 8.15. The second kappa shape index (κ2) is 7.81. The highest BCUT2D eigenvalue weighted by atomic mass is 19.1. The van der Waals surface area contributed by atoms with Gasteiger partial charge in [-0.3, -0.25) is 4.98 Å². The topological polar surface area (TPSA) is 56.4 Å². The summed E-state index contributed by atoms with van der Waals surface area (Å²) in [6, 6.07) is 18.9. The molecule has 33 heavy (non-hydrogen) atoms. The molecule has 2 aromatic heterocycles. The van der Waals surface area contributed by atoms with Gasteiger partial charge in [0.15, 0.2) is 23.1 Å². The molecule has 0 fully saturated rings. The molecule has 0 saturated carbocycles. The second-order valence-electron chi connectivity index (χ2n) is 8.15. The van der Waals surface area contributed by atoms with Crippen molar-refractivity contribution in [1.82, 2.24) is 9.97 Å². The van der Waals surface area contributed by atoms with E-state index in [4.69, 9.17) is 14.2 Å². The molecule has 0 saturated heterocycles. The van der Waals surface area contributed by atoms with Gasteiger partial charge in [-0.25, -0.2) is 4.39 Å². The van der Waals surface area contributed by atoms with Gasteiger partial charge in [-0.05, 0) is 36.8 Å². The predicted octanol–water partition coefficient (Wildman–Crippen LogP) is 6.47. The van der Waals surface area contributed by atoms with E-state index in [2.05, 4.69) is 9.97 Å². The van der Waals surface area contributed by atoms with Crippen LogP contribution in [0, 0.1) is 12.7 Å². The van der Waals surface area contributed by atoms with Crippen LogP contribution in [0.1, 0.15) is 16.8 Å². The summed E-state index contributed by atoms with van der Waals surface area (Å²) in [5.74, 6) is 1.68. The highest BCUT2D eigenvalue weighted by molar-refractivity contribution is 5.93. The minimum atomic E-state index is -0.391. The van der Waals surface area contributed by atoms with Gasteiger partial charge < -0.3 is 19.2 Å². The largest absolute Gasteiger partial charge is 0.489 e. The number of hydrogen-bond acceptors (Lipinski definition) is 4. The van der Waals surface area contributed by atoms with E-state index in [1.54, 1.807) is 24.4 Å². The maximum Gasteiger partial charge on any atom is 0.175 e. The molecule has 0 radical (unpaired) electrons. The number of benzene rings is 3. The van der Waals surface area contributed by atoms with E-state index in [0.29, 0.717) is 42.3 Å². The van der Waals surface area contributed by atoms with Gasteiger partial charge in [-0.1, -0.05) is 30.3 Å². The van der Waals surface area contributed by atoms with Crippen molar-refractivity contribution in [2.24, 2.45) is 0 Å². The molecular weight excluding hydrogens is 419 g/mol. The summed E-state index contributed by atoms with van der Waals surface area (Å²) in [6.45, 7) is 2.88. The monoisotopic (exact) mass is 440 g/mol. The van der Waals surface area contributed by atoms with E-state index < -0.39 is 5.82 Å². The van der Waals surface area contributed by atoms with Gasteiger partial charge in [0.25, 0.3) is 0 Å². The van der Waals surface area contributed by atoms with E-state index in [9.17, 15) is 0 Å². The zero-order valence-electron chi connectivity index (χ0n) is 18.0. The summed E-state index contributed by atoms with van der Waals surface area (Å²) in [7, 11) is 0. The lowest BCUT2D eigenvalue weighted by atomic mass is 10.0. The zero-order chi connectivity index (χ0) is 22.4. The Labute approximate surface area is 189 Å². The molecule has 5 nitrogen and oxygen atoms in total. The molecule has 1 N–H and O–H groups in total.